The Balaban J connectivity index is 2.20. The summed E-state index contributed by atoms with van der Waals surface area (Å²) in [6, 6.07) is 3.29. The zero-order chi connectivity index (χ0) is 13.1. The van der Waals surface area contributed by atoms with Crippen molar-refractivity contribution in [2.24, 2.45) is 0 Å². The lowest BCUT2D eigenvalue weighted by Crippen LogP contribution is -2.47. The molecule has 1 aromatic rings. The van der Waals surface area contributed by atoms with Crippen LogP contribution in [0, 0.1) is 11.6 Å². The fraction of sp³-hybridized carbons (Fsp3) is 0.417. The number of hydrogen-bond donors (Lipinski definition) is 1. The fourth-order valence-electron chi connectivity index (χ4n) is 1.87. The van der Waals surface area contributed by atoms with Crippen molar-refractivity contribution in [3.8, 4) is 0 Å². The van der Waals surface area contributed by atoms with Gasteiger partial charge in [0.25, 0.3) is 5.91 Å². The quantitative estimate of drug-likeness (QED) is 0.852. The molecule has 2 rings (SSSR count). The molecule has 1 aliphatic heterocycles. The average Bonchev–Trinajstić information content (AvgIpc) is 2.38. The Morgan fingerprint density at radius 3 is 2.72 bits per heavy atom. The number of ether oxygens (including phenoxy) is 1. The molecule has 1 heterocycles. The Hall–Kier alpha value is -1.53. The highest BCUT2D eigenvalue weighted by Crippen LogP contribution is 2.16. The predicted octanol–water partition coefficient (Wildman–Crippen LogP) is 0.798. The molecule has 1 aromatic carbocycles. The van der Waals surface area contributed by atoms with Gasteiger partial charge in [0, 0.05) is 13.1 Å². The maximum Gasteiger partial charge on any atom is 0.259 e. The Morgan fingerprint density at radius 2 is 2.11 bits per heavy atom. The van der Waals surface area contributed by atoms with Gasteiger partial charge in [-0.05, 0) is 12.1 Å². The Morgan fingerprint density at radius 1 is 1.44 bits per heavy atom. The van der Waals surface area contributed by atoms with Crippen molar-refractivity contribution >= 4 is 5.91 Å². The van der Waals surface area contributed by atoms with Gasteiger partial charge >= 0.3 is 0 Å². The Kier molecular flexibility index (Phi) is 3.88. The van der Waals surface area contributed by atoms with Crippen LogP contribution in [-0.4, -0.2) is 48.3 Å². The zero-order valence-electron chi connectivity index (χ0n) is 9.60. The van der Waals surface area contributed by atoms with Crippen LogP contribution in [0.1, 0.15) is 10.4 Å². The number of hydrogen-bond acceptors (Lipinski definition) is 3. The molecule has 1 atom stereocenters. The van der Waals surface area contributed by atoms with E-state index in [0.717, 1.165) is 12.1 Å². The van der Waals surface area contributed by atoms with Crippen molar-refractivity contribution in [2.45, 2.75) is 6.10 Å². The molecule has 1 N–H and O–H groups in total. The molecular weight excluding hydrogens is 244 g/mol. The summed E-state index contributed by atoms with van der Waals surface area (Å²) in [4.78, 5) is 13.3. The van der Waals surface area contributed by atoms with E-state index < -0.39 is 29.2 Å². The minimum Gasteiger partial charge on any atom is -0.394 e. The second-order valence-corrected chi connectivity index (χ2v) is 4.02. The number of aliphatic hydroxyl groups excluding tert-OH is 1. The van der Waals surface area contributed by atoms with E-state index in [1.165, 1.54) is 11.0 Å². The van der Waals surface area contributed by atoms with E-state index in [2.05, 4.69) is 0 Å². The van der Waals surface area contributed by atoms with Crippen molar-refractivity contribution in [1.82, 2.24) is 4.90 Å². The number of benzene rings is 1. The first kappa shape index (κ1) is 12.9. The summed E-state index contributed by atoms with van der Waals surface area (Å²) in [7, 11) is 0. The Labute approximate surface area is 103 Å². The van der Waals surface area contributed by atoms with Gasteiger partial charge in [-0.15, -0.1) is 0 Å². The van der Waals surface area contributed by atoms with Gasteiger partial charge in [0.05, 0.1) is 19.3 Å². The number of aliphatic hydroxyl groups is 1. The number of carbonyl (C=O) groups excluding carboxylic acids is 1. The number of rotatable bonds is 2. The smallest absolute Gasteiger partial charge is 0.259 e. The summed E-state index contributed by atoms with van der Waals surface area (Å²) in [5.41, 5.74) is -0.559. The van der Waals surface area contributed by atoms with Gasteiger partial charge in [-0.2, -0.15) is 0 Å². The third kappa shape index (κ3) is 2.49. The van der Waals surface area contributed by atoms with Crippen molar-refractivity contribution in [3.63, 3.8) is 0 Å². The third-order valence-corrected chi connectivity index (χ3v) is 2.81. The number of morpholine rings is 1. The molecular formula is C12H13F2NO3. The van der Waals surface area contributed by atoms with Gasteiger partial charge in [0.1, 0.15) is 17.2 Å². The van der Waals surface area contributed by atoms with Crippen molar-refractivity contribution in [1.29, 1.82) is 0 Å². The highest BCUT2D eigenvalue weighted by Gasteiger charge is 2.28. The normalized spacial score (nSPS) is 19.9. The molecule has 1 saturated heterocycles. The van der Waals surface area contributed by atoms with Crippen LogP contribution in [-0.2, 0) is 4.74 Å². The van der Waals surface area contributed by atoms with Crippen LogP contribution < -0.4 is 0 Å². The molecule has 0 aliphatic carbocycles. The lowest BCUT2D eigenvalue weighted by molar-refractivity contribution is -0.0449. The Bertz CT molecular complexity index is 433. The van der Waals surface area contributed by atoms with Crippen LogP contribution in [0.2, 0.25) is 0 Å². The van der Waals surface area contributed by atoms with E-state index in [1.54, 1.807) is 0 Å². The molecule has 0 aromatic heterocycles. The molecule has 1 amide bonds. The van der Waals surface area contributed by atoms with E-state index >= 15 is 0 Å². The van der Waals surface area contributed by atoms with Gasteiger partial charge in [0.15, 0.2) is 0 Å². The van der Waals surface area contributed by atoms with E-state index in [1.807, 2.05) is 0 Å². The van der Waals surface area contributed by atoms with Crippen LogP contribution in [0.25, 0.3) is 0 Å². The van der Waals surface area contributed by atoms with Gasteiger partial charge < -0.3 is 14.7 Å². The van der Waals surface area contributed by atoms with E-state index in [9.17, 15) is 13.6 Å². The largest absolute Gasteiger partial charge is 0.394 e. The molecule has 18 heavy (non-hydrogen) atoms. The maximum atomic E-state index is 13.5. The molecule has 0 saturated carbocycles. The van der Waals surface area contributed by atoms with E-state index in [-0.39, 0.29) is 26.3 Å². The topological polar surface area (TPSA) is 49.8 Å². The molecule has 0 radical (unpaired) electrons. The molecule has 0 spiro atoms. The van der Waals surface area contributed by atoms with Gasteiger partial charge in [0.2, 0.25) is 0 Å². The van der Waals surface area contributed by atoms with Crippen molar-refractivity contribution in [2.75, 3.05) is 26.3 Å². The molecule has 4 nitrogen and oxygen atoms in total. The first-order valence-corrected chi connectivity index (χ1v) is 5.59. The van der Waals surface area contributed by atoms with Crippen LogP contribution in [0.5, 0.6) is 0 Å². The standard InChI is InChI=1S/C12H13F2NO3/c13-9-2-1-3-10(14)11(9)12(17)15-4-5-18-8(6-15)7-16/h1-3,8,16H,4-7H2. The summed E-state index contributed by atoms with van der Waals surface area (Å²) < 4.78 is 32.1. The van der Waals surface area contributed by atoms with Crippen molar-refractivity contribution in [3.05, 3.63) is 35.4 Å². The monoisotopic (exact) mass is 257 g/mol. The highest BCUT2D eigenvalue weighted by molar-refractivity contribution is 5.94. The highest BCUT2D eigenvalue weighted by atomic mass is 19.1. The molecule has 1 fully saturated rings. The third-order valence-electron chi connectivity index (χ3n) is 2.81. The van der Waals surface area contributed by atoms with Gasteiger partial charge in [-0.1, -0.05) is 6.07 Å². The lowest BCUT2D eigenvalue weighted by atomic mass is 10.1. The second-order valence-electron chi connectivity index (χ2n) is 4.02. The van der Waals surface area contributed by atoms with E-state index in [0.29, 0.717) is 0 Å². The summed E-state index contributed by atoms with van der Waals surface area (Å²) in [6.45, 7) is 0.392. The van der Waals surface area contributed by atoms with Crippen LogP contribution in [0.15, 0.2) is 18.2 Å². The van der Waals surface area contributed by atoms with Crippen LogP contribution >= 0.6 is 0 Å². The van der Waals surface area contributed by atoms with E-state index in [4.69, 9.17) is 9.84 Å². The molecule has 6 heteroatoms. The molecule has 98 valence electrons. The fourth-order valence-corrected chi connectivity index (χ4v) is 1.87. The first-order chi connectivity index (χ1) is 8.63. The molecule has 1 aliphatic rings. The summed E-state index contributed by atoms with van der Waals surface area (Å²) in [5, 5.41) is 8.96. The number of nitrogens with zero attached hydrogens (tertiary/aromatic N) is 1. The molecule has 0 bridgehead atoms. The number of amides is 1. The van der Waals surface area contributed by atoms with Crippen LogP contribution in [0.3, 0.4) is 0 Å². The maximum absolute atomic E-state index is 13.5. The van der Waals surface area contributed by atoms with Crippen LogP contribution in [0.4, 0.5) is 8.78 Å². The van der Waals surface area contributed by atoms with Gasteiger partial charge in [-0.3, -0.25) is 4.79 Å². The summed E-state index contributed by atoms with van der Waals surface area (Å²) in [5.74, 6) is -2.48. The second kappa shape index (κ2) is 5.41. The first-order valence-electron chi connectivity index (χ1n) is 5.59. The minimum atomic E-state index is -0.882. The number of halogens is 2. The summed E-state index contributed by atoms with van der Waals surface area (Å²) >= 11 is 0. The lowest BCUT2D eigenvalue weighted by Gasteiger charge is -2.32. The number of carbonyl (C=O) groups is 1. The summed E-state index contributed by atoms with van der Waals surface area (Å²) in [6.07, 6.45) is -0.502. The SMILES string of the molecule is O=C(c1c(F)cccc1F)N1CCOC(CO)C1. The molecule has 1 unspecified atom stereocenters. The predicted molar refractivity (Wildman–Crippen MR) is 59.1 cm³/mol. The minimum absolute atomic E-state index is 0.128. The van der Waals surface area contributed by atoms with Crippen molar-refractivity contribution < 1.29 is 23.4 Å². The average molecular weight is 257 g/mol. The zero-order valence-corrected chi connectivity index (χ0v) is 9.60. The van der Waals surface area contributed by atoms with Gasteiger partial charge in [-0.25, -0.2) is 8.78 Å².